The van der Waals surface area contributed by atoms with E-state index < -0.39 is 5.54 Å². The van der Waals surface area contributed by atoms with Gasteiger partial charge in [0.1, 0.15) is 5.54 Å². The third kappa shape index (κ3) is 3.83. The van der Waals surface area contributed by atoms with Crippen LogP contribution in [0.3, 0.4) is 0 Å². The monoisotopic (exact) mass is 269 g/mol. The van der Waals surface area contributed by atoms with Crippen molar-refractivity contribution >= 4 is 5.97 Å². The average molecular weight is 269 g/mol. The minimum atomic E-state index is -0.652. The molecular weight excluding hydrogens is 246 g/mol. The van der Waals surface area contributed by atoms with Gasteiger partial charge in [0.15, 0.2) is 0 Å². The Labute approximate surface area is 113 Å². The SMILES string of the molecule is CCOC(=O)C1(NCCN=[N+]=[N-])CCNCC1CC. The van der Waals surface area contributed by atoms with Crippen LogP contribution in [0.25, 0.3) is 10.4 Å². The van der Waals surface area contributed by atoms with E-state index in [-0.39, 0.29) is 11.9 Å². The molecule has 0 aromatic rings. The molecule has 1 rings (SSSR count). The maximum absolute atomic E-state index is 12.3. The van der Waals surface area contributed by atoms with E-state index in [4.69, 9.17) is 10.3 Å². The van der Waals surface area contributed by atoms with E-state index in [1.54, 1.807) is 0 Å². The van der Waals surface area contributed by atoms with Gasteiger partial charge in [-0.15, -0.1) is 0 Å². The van der Waals surface area contributed by atoms with E-state index in [1.165, 1.54) is 0 Å². The van der Waals surface area contributed by atoms with Gasteiger partial charge in [0.25, 0.3) is 0 Å². The van der Waals surface area contributed by atoms with Crippen molar-refractivity contribution < 1.29 is 9.53 Å². The van der Waals surface area contributed by atoms with E-state index in [2.05, 4.69) is 27.6 Å². The zero-order chi connectivity index (χ0) is 14.1. The lowest BCUT2D eigenvalue weighted by Crippen LogP contribution is -2.64. The molecule has 1 aliphatic rings. The summed E-state index contributed by atoms with van der Waals surface area (Å²) in [6.45, 7) is 6.66. The van der Waals surface area contributed by atoms with E-state index >= 15 is 0 Å². The molecule has 108 valence electrons. The van der Waals surface area contributed by atoms with Gasteiger partial charge in [-0.05, 0) is 31.8 Å². The summed E-state index contributed by atoms with van der Waals surface area (Å²) in [6, 6.07) is 0. The summed E-state index contributed by atoms with van der Waals surface area (Å²) >= 11 is 0. The van der Waals surface area contributed by atoms with Gasteiger partial charge in [0.2, 0.25) is 0 Å². The first kappa shape index (κ1) is 15.8. The van der Waals surface area contributed by atoms with Crippen molar-refractivity contribution in [3.05, 3.63) is 10.4 Å². The highest BCUT2D eigenvalue weighted by Gasteiger charge is 2.46. The second-order valence-electron chi connectivity index (χ2n) is 4.63. The zero-order valence-electron chi connectivity index (χ0n) is 11.7. The lowest BCUT2D eigenvalue weighted by molar-refractivity contribution is -0.155. The summed E-state index contributed by atoms with van der Waals surface area (Å²) in [7, 11) is 0. The van der Waals surface area contributed by atoms with Crippen LogP contribution in [0.5, 0.6) is 0 Å². The van der Waals surface area contributed by atoms with Gasteiger partial charge in [0, 0.05) is 30.5 Å². The van der Waals surface area contributed by atoms with Gasteiger partial charge in [0.05, 0.1) is 6.61 Å². The second-order valence-corrected chi connectivity index (χ2v) is 4.63. The number of piperidine rings is 1. The molecule has 2 atom stereocenters. The largest absolute Gasteiger partial charge is 0.465 e. The van der Waals surface area contributed by atoms with Crippen LogP contribution in [0.2, 0.25) is 0 Å². The van der Waals surface area contributed by atoms with Crippen molar-refractivity contribution in [1.29, 1.82) is 0 Å². The molecule has 0 saturated carbocycles. The van der Waals surface area contributed by atoms with Gasteiger partial charge in [-0.25, -0.2) is 0 Å². The summed E-state index contributed by atoms with van der Waals surface area (Å²) in [5.74, 6) is -0.00403. The summed E-state index contributed by atoms with van der Waals surface area (Å²) in [4.78, 5) is 15.1. The normalized spacial score (nSPS) is 26.5. The summed E-state index contributed by atoms with van der Waals surface area (Å²) in [5, 5.41) is 10.1. The molecule has 2 N–H and O–H groups in total. The van der Waals surface area contributed by atoms with Gasteiger partial charge >= 0.3 is 5.97 Å². The van der Waals surface area contributed by atoms with E-state index in [1.807, 2.05) is 6.92 Å². The Hall–Kier alpha value is -1.30. The predicted octanol–water partition coefficient (Wildman–Crippen LogP) is 1.21. The zero-order valence-corrected chi connectivity index (χ0v) is 11.7. The van der Waals surface area contributed by atoms with E-state index in [0.29, 0.717) is 26.1 Å². The number of hydrogen-bond acceptors (Lipinski definition) is 5. The van der Waals surface area contributed by atoms with Crippen molar-refractivity contribution in [3.63, 3.8) is 0 Å². The molecule has 0 aliphatic carbocycles. The Bertz CT molecular complexity index is 343. The van der Waals surface area contributed by atoms with E-state index in [9.17, 15) is 4.79 Å². The molecule has 0 spiro atoms. The smallest absolute Gasteiger partial charge is 0.326 e. The highest BCUT2D eigenvalue weighted by molar-refractivity contribution is 5.81. The van der Waals surface area contributed by atoms with Crippen molar-refractivity contribution in [3.8, 4) is 0 Å². The molecule has 0 radical (unpaired) electrons. The first-order valence-corrected chi connectivity index (χ1v) is 6.85. The molecule has 0 aromatic carbocycles. The topological polar surface area (TPSA) is 99.1 Å². The fourth-order valence-electron chi connectivity index (χ4n) is 2.64. The number of carbonyl (C=O) groups is 1. The van der Waals surface area contributed by atoms with Crippen LogP contribution in [0, 0.1) is 5.92 Å². The maximum Gasteiger partial charge on any atom is 0.326 e. The molecule has 1 aliphatic heterocycles. The van der Waals surface area contributed by atoms with Crippen LogP contribution in [0.1, 0.15) is 26.7 Å². The summed E-state index contributed by atoms with van der Waals surface area (Å²) < 4.78 is 5.24. The number of azide groups is 1. The number of rotatable bonds is 7. The van der Waals surface area contributed by atoms with E-state index in [0.717, 1.165) is 19.5 Å². The molecule has 1 saturated heterocycles. The fraction of sp³-hybridized carbons (Fsp3) is 0.917. The fourth-order valence-corrected chi connectivity index (χ4v) is 2.64. The molecule has 0 bridgehead atoms. The average Bonchev–Trinajstić information content (AvgIpc) is 2.44. The molecular formula is C12H23N5O2. The number of nitrogens with zero attached hydrogens (tertiary/aromatic N) is 3. The third-order valence-corrected chi connectivity index (χ3v) is 3.63. The summed E-state index contributed by atoms with van der Waals surface area (Å²) in [5.41, 5.74) is 7.64. The quantitative estimate of drug-likeness (QED) is 0.238. The predicted molar refractivity (Wildman–Crippen MR) is 72.6 cm³/mol. The minimum Gasteiger partial charge on any atom is -0.465 e. The lowest BCUT2D eigenvalue weighted by atomic mass is 9.76. The van der Waals surface area contributed by atoms with Crippen molar-refractivity contribution in [2.75, 3.05) is 32.8 Å². The number of carbonyl (C=O) groups excluding carboxylic acids is 1. The van der Waals surface area contributed by atoms with Crippen LogP contribution in [0.15, 0.2) is 5.11 Å². The van der Waals surface area contributed by atoms with Crippen LogP contribution in [0.4, 0.5) is 0 Å². The van der Waals surface area contributed by atoms with Crippen LogP contribution in [-0.2, 0) is 9.53 Å². The van der Waals surface area contributed by atoms with Crippen LogP contribution in [-0.4, -0.2) is 44.3 Å². The van der Waals surface area contributed by atoms with Gasteiger partial charge < -0.3 is 15.4 Å². The Morgan fingerprint density at radius 2 is 2.42 bits per heavy atom. The third-order valence-electron chi connectivity index (χ3n) is 3.63. The summed E-state index contributed by atoms with van der Waals surface area (Å²) in [6.07, 6.45) is 1.58. The lowest BCUT2D eigenvalue weighted by Gasteiger charge is -2.42. The van der Waals surface area contributed by atoms with Gasteiger partial charge in [-0.3, -0.25) is 4.79 Å². The molecule has 1 heterocycles. The van der Waals surface area contributed by atoms with Crippen LogP contribution >= 0.6 is 0 Å². The molecule has 0 aromatic heterocycles. The van der Waals surface area contributed by atoms with Crippen molar-refractivity contribution in [1.82, 2.24) is 10.6 Å². The Kier molecular flexibility index (Phi) is 6.62. The molecule has 7 heteroatoms. The van der Waals surface area contributed by atoms with Crippen LogP contribution < -0.4 is 10.6 Å². The minimum absolute atomic E-state index is 0.186. The molecule has 7 nitrogen and oxygen atoms in total. The standard InChI is InChI=1S/C12H23N5O2/c1-3-10-9-14-6-5-12(10,11(18)19-4-2)15-7-8-16-17-13/h10,14-15H,3-9H2,1-2H3. The number of esters is 1. The first-order valence-electron chi connectivity index (χ1n) is 6.85. The Morgan fingerprint density at radius 3 is 3.05 bits per heavy atom. The molecule has 19 heavy (non-hydrogen) atoms. The maximum atomic E-state index is 12.3. The highest BCUT2D eigenvalue weighted by atomic mass is 16.5. The number of nitrogens with one attached hydrogen (secondary N) is 2. The highest BCUT2D eigenvalue weighted by Crippen LogP contribution is 2.28. The van der Waals surface area contributed by atoms with Crippen molar-refractivity contribution in [2.45, 2.75) is 32.2 Å². The number of ether oxygens (including phenoxy) is 1. The molecule has 0 amide bonds. The number of hydrogen-bond donors (Lipinski definition) is 2. The molecule has 1 fully saturated rings. The van der Waals surface area contributed by atoms with Gasteiger partial charge in [-0.1, -0.05) is 12.0 Å². The van der Waals surface area contributed by atoms with Crippen molar-refractivity contribution in [2.24, 2.45) is 11.0 Å². The Morgan fingerprint density at radius 1 is 1.63 bits per heavy atom. The second kappa shape index (κ2) is 7.99. The first-order chi connectivity index (χ1) is 9.21. The molecule has 2 unspecified atom stereocenters. The Balaban J connectivity index is 2.80. The van der Waals surface area contributed by atoms with Gasteiger partial charge in [-0.2, -0.15) is 0 Å².